The van der Waals surface area contributed by atoms with Crippen LogP contribution in [-0.4, -0.2) is 22.9 Å². The molecule has 19 heavy (non-hydrogen) atoms. The van der Waals surface area contributed by atoms with Crippen molar-refractivity contribution in [1.29, 1.82) is 0 Å². The summed E-state index contributed by atoms with van der Waals surface area (Å²) >= 11 is 3.75. The molecule has 1 heterocycles. The van der Waals surface area contributed by atoms with E-state index in [1.807, 2.05) is 0 Å². The molecule has 108 valence electrons. The topological polar surface area (TPSA) is 29.9 Å². The smallest absolute Gasteiger partial charge is 0.0766 e. The Balaban J connectivity index is 2.17. The van der Waals surface area contributed by atoms with Crippen molar-refractivity contribution in [2.75, 3.05) is 7.05 Å². The van der Waals surface area contributed by atoms with Gasteiger partial charge in [-0.05, 0) is 61.0 Å². The van der Waals surface area contributed by atoms with E-state index < -0.39 is 0 Å². The maximum absolute atomic E-state index is 4.70. The zero-order valence-electron chi connectivity index (χ0n) is 12.5. The van der Waals surface area contributed by atoms with Crippen molar-refractivity contribution in [3.05, 3.63) is 15.9 Å². The van der Waals surface area contributed by atoms with Crippen LogP contribution in [-0.2, 0) is 19.4 Å². The van der Waals surface area contributed by atoms with Crippen LogP contribution in [0.5, 0.6) is 0 Å². The second-order valence-electron chi connectivity index (χ2n) is 5.67. The molecule has 1 aliphatic rings. The van der Waals surface area contributed by atoms with Crippen LogP contribution in [0, 0.1) is 11.8 Å². The van der Waals surface area contributed by atoms with Crippen LogP contribution in [0.25, 0.3) is 0 Å². The molecule has 1 aromatic rings. The molecule has 1 saturated carbocycles. The highest BCUT2D eigenvalue weighted by Gasteiger charge is 2.33. The molecule has 1 aliphatic carbocycles. The molecule has 0 saturated heterocycles. The maximum atomic E-state index is 4.70. The molecule has 3 nitrogen and oxygen atoms in total. The molecule has 0 spiro atoms. The molecular weight excluding hydrogens is 302 g/mol. The predicted molar refractivity (Wildman–Crippen MR) is 83.4 cm³/mol. The third kappa shape index (κ3) is 3.22. The molecule has 0 aromatic carbocycles. The Kier molecular flexibility index (Phi) is 5.07. The van der Waals surface area contributed by atoms with Crippen molar-refractivity contribution in [2.45, 2.75) is 59.0 Å². The summed E-state index contributed by atoms with van der Waals surface area (Å²) in [5.74, 6) is 1.68. The lowest BCUT2D eigenvalue weighted by molar-refractivity contribution is 0.350. The number of likely N-dealkylation sites (N-methyl/N-ethyl adjacent to an activating group) is 1. The zero-order chi connectivity index (χ0) is 14.0. The first-order valence-corrected chi connectivity index (χ1v) is 8.32. The summed E-state index contributed by atoms with van der Waals surface area (Å²) in [6.45, 7) is 7.67. The number of rotatable bonds is 7. The van der Waals surface area contributed by atoms with Crippen LogP contribution in [0.2, 0.25) is 0 Å². The Morgan fingerprint density at radius 1 is 1.42 bits per heavy atom. The largest absolute Gasteiger partial charge is 0.316 e. The number of halogens is 1. The molecule has 1 fully saturated rings. The fourth-order valence-electron chi connectivity index (χ4n) is 2.92. The Morgan fingerprint density at radius 3 is 2.58 bits per heavy atom. The van der Waals surface area contributed by atoms with Crippen molar-refractivity contribution in [1.82, 2.24) is 15.1 Å². The molecule has 2 atom stereocenters. The quantitative estimate of drug-likeness (QED) is 0.831. The third-order valence-electron chi connectivity index (χ3n) is 4.48. The van der Waals surface area contributed by atoms with Gasteiger partial charge in [-0.2, -0.15) is 5.10 Å². The van der Waals surface area contributed by atoms with Crippen LogP contribution in [0.1, 0.15) is 45.0 Å². The SMILES string of the molecule is CCc1nn(CC)c(CC(NC)C(C)C2CC2)c1Br. The molecule has 2 unspecified atom stereocenters. The molecule has 0 amide bonds. The van der Waals surface area contributed by atoms with Gasteiger partial charge in [0.05, 0.1) is 15.9 Å². The fraction of sp³-hybridized carbons (Fsp3) is 0.800. The number of aromatic nitrogens is 2. The van der Waals surface area contributed by atoms with Gasteiger partial charge in [0.1, 0.15) is 0 Å². The molecular formula is C15H26BrN3. The molecule has 1 aromatic heterocycles. The third-order valence-corrected chi connectivity index (χ3v) is 5.39. The van der Waals surface area contributed by atoms with Crippen molar-refractivity contribution in [3.8, 4) is 0 Å². The lowest BCUT2D eigenvalue weighted by Gasteiger charge is -2.24. The van der Waals surface area contributed by atoms with Crippen molar-refractivity contribution < 1.29 is 0 Å². The summed E-state index contributed by atoms with van der Waals surface area (Å²) in [5, 5.41) is 8.21. The summed E-state index contributed by atoms with van der Waals surface area (Å²) in [6.07, 6.45) is 4.88. The first-order valence-electron chi connectivity index (χ1n) is 7.53. The van der Waals surface area contributed by atoms with Gasteiger partial charge in [0.25, 0.3) is 0 Å². The van der Waals surface area contributed by atoms with Gasteiger partial charge in [-0.25, -0.2) is 0 Å². The Morgan fingerprint density at radius 2 is 2.11 bits per heavy atom. The van der Waals surface area contributed by atoms with E-state index in [1.165, 1.54) is 28.7 Å². The first-order chi connectivity index (χ1) is 9.12. The normalized spacial score (nSPS) is 18.6. The molecule has 4 heteroatoms. The average Bonchev–Trinajstić information content (AvgIpc) is 3.22. The van der Waals surface area contributed by atoms with Gasteiger partial charge in [0.2, 0.25) is 0 Å². The van der Waals surface area contributed by atoms with Crippen LogP contribution >= 0.6 is 15.9 Å². The molecule has 0 radical (unpaired) electrons. The Labute approximate surface area is 125 Å². The van der Waals surface area contributed by atoms with Gasteiger partial charge >= 0.3 is 0 Å². The fourth-order valence-corrected chi connectivity index (χ4v) is 3.65. The van der Waals surface area contributed by atoms with E-state index >= 15 is 0 Å². The van der Waals surface area contributed by atoms with Gasteiger partial charge in [-0.3, -0.25) is 4.68 Å². The standard InChI is InChI=1S/C15H26BrN3/c1-5-12-15(16)14(19(6-2)18-12)9-13(17-4)10(3)11-7-8-11/h10-11,13,17H,5-9H2,1-4H3. The predicted octanol–water partition coefficient (Wildman–Crippen LogP) is 3.40. The highest BCUT2D eigenvalue weighted by atomic mass is 79.9. The second-order valence-corrected chi connectivity index (χ2v) is 6.47. The number of nitrogens with zero attached hydrogens (tertiary/aromatic N) is 2. The van der Waals surface area contributed by atoms with Gasteiger partial charge in [0.15, 0.2) is 0 Å². The zero-order valence-corrected chi connectivity index (χ0v) is 14.1. The lowest BCUT2D eigenvalue weighted by Crippen LogP contribution is -2.36. The van der Waals surface area contributed by atoms with Crippen molar-refractivity contribution in [2.24, 2.45) is 11.8 Å². The monoisotopic (exact) mass is 327 g/mol. The van der Waals surface area contributed by atoms with E-state index in [9.17, 15) is 0 Å². The number of hydrogen-bond acceptors (Lipinski definition) is 2. The van der Waals surface area contributed by atoms with E-state index in [0.29, 0.717) is 6.04 Å². The van der Waals surface area contributed by atoms with E-state index in [1.54, 1.807) is 0 Å². The van der Waals surface area contributed by atoms with Gasteiger partial charge in [-0.15, -0.1) is 0 Å². The van der Waals surface area contributed by atoms with Gasteiger partial charge < -0.3 is 5.32 Å². The van der Waals surface area contributed by atoms with E-state index in [0.717, 1.165) is 31.2 Å². The van der Waals surface area contributed by atoms with Crippen LogP contribution in [0.4, 0.5) is 0 Å². The van der Waals surface area contributed by atoms with Crippen molar-refractivity contribution >= 4 is 15.9 Å². The lowest BCUT2D eigenvalue weighted by atomic mass is 9.93. The molecule has 1 N–H and O–H groups in total. The summed E-state index contributed by atoms with van der Waals surface area (Å²) in [7, 11) is 2.09. The minimum absolute atomic E-state index is 0.551. The molecule has 0 bridgehead atoms. The number of aryl methyl sites for hydroxylation is 2. The average molecular weight is 328 g/mol. The van der Waals surface area contributed by atoms with E-state index in [-0.39, 0.29) is 0 Å². The second kappa shape index (κ2) is 6.40. The first kappa shape index (κ1) is 15.0. The molecule has 2 rings (SSSR count). The maximum Gasteiger partial charge on any atom is 0.0766 e. The van der Waals surface area contributed by atoms with Gasteiger partial charge in [0, 0.05) is 19.0 Å². The Hall–Kier alpha value is -0.350. The Bertz CT molecular complexity index is 423. The number of hydrogen-bond donors (Lipinski definition) is 1. The van der Waals surface area contributed by atoms with Crippen LogP contribution in [0.15, 0.2) is 4.47 Å². The minimum Gasteiger partial charge on any atom is -0.316 e. The van der Waals surface area contributed by atoms with E-state index in [4.69, 9.17) is 5.10 Å². The highest BCUT2D eigenvalue weighted by Crippen LogP contribution is 2.39. The minimum atomic E-state index is 0.551. The summed E-state index contributed by atoms with van der Waals surface area (Å²) in [5.41, 5.74) is 2.54. The highest BCUT2D eigenvalue weighted by molar-refractivity contribution is 9.10. The summed E-state index contributed by atoms with van der Waals surface area (Å²) in [4.78, 5) is 0. The van der Waals surface area contributed by atoms with Crippen molar-refractivity contribution in [3.63, 3.8) is 0 Å². The van der Waals surface area contributed by atoms with E-state index in [2.05, 4.69) is 53.7 Å². The van der Waals surface area contributed by atoms with Crippen LogP contribution < -0.4 is 5.32 Å². The molecule has 0 aliphatic heterocycles. The summed E-state index contributed by atoms with van der Waals surface area (Å²) < 4.78 is 3.38. The van der Waals surface area contributed by atoms with Crippen LogP contribution in [0.3, 0.4) is 0 Å². The number of nitrogens with one attached hydrogen (secondary N) is 1. The summed E-state index contributed by atoms with van der Waals surface area (Å²) in [6, 6.07) is 0.551. The van der Waals surface area contributed by atoms with Gasteiger partial charge in [-0.1, -0.05) is 13.8 Å².